The van der Waals surface area contributed by atoms with Crippen LogP contribution in [0.4, 0.5) is 8.78 Å². The molecule has 1 aliphatic carbocycles. The molecule has 0 unspecified atom stereocenters. The molecule has 0 aromatic heterocycles. The number of carbonyl (C=O) groups excluding carboxylic acids is 1. The van der Waals surface area contributed by atoms with Gasteiger partial charge in [0.1, 0.15) is 6.61 Å². The average Bonchev–Trinajstić information content (AvgIpc) is 2.45. The predicted octanol–water partition coefficient (Wildman–Crippen LogP) is 1.45. The van der Waals surface area contributed by atoms with Gasteiger partial charge in [0.2, 0.25) is 5.91 Å². The molecule has 0 aliphatic heterocycles. The van der Waals surface area contributed by atoms with E-state index in [1.807, 2.05) is 0 Å². The van der Waals surface area contributed by atoms with Gasteiger partial charge in [0.05, 0.1) is 12.7 Å². The maximum Gasteiger partial charge on any atom is 0.261 e. The number of hydrogen-bond acceptors (Lipinski definition) is 4. The van der Waals surface area contributed by atoms with Crippen LogP contribution in [0.2, 0.25) is 0 Å². The fourth-order valence-corrected chi connectivity index (χ4v) is 2.23. The molecule has 0 heterocycles. The molecule has 3 N–H and O–H groups in total. The maximum absolute atomic E-state index is 11.8. The first kappa shape index (κ1) is 18.3. The van der Waals surface area contributed by atoms with Crippen LogP contribution < -0.4 is 11.1 Å². The summed E-state index contributed by atoms with van der Waals surface area (Å²) in [7, 11) is 0. The molecule has 0 aromatic carbocycles. The van der Waals surface area contributed by atoms with Crippen molar-refractivity contribution in [3.63, 3.8) is 0 Å². The van der Waals surface area contributed by atoms with E-state index in [1.165, 1.54) is 0 Å². The third kappa shape index (κ3) is 9.71. The second kappa shape index (κ2) is 10.9. The zero-order valence-electron chi connectivity index (χ0n) is 12.4. The Kier molecular flexibility index (Phi) is 9.45. The summed E-state index contributed by atoms with van der Waals surface area (Å²) in [6.45, 7) is 0.545. The molecular weight excluding hydrogens is 282 g/mol. The van der Waals surface area contributed by atoms with Gasteiger partial charge in [0, 0.05) is 25.6 Å². The third-order valence-electron chi connectivity index (χ3n) is 3.43. The van der Waals surface area contributed by atoms with Gasteiger partial charge in [0.15, 0.2) is 0 Å². The Morgan fingerprint density at radius 1 is 1.24 bits per heavy atom. The minimum Gasteiger partial charge on any atom is -0.378 e. The van der Waals surface area contributed by atoms with E-state index in [0.29, 0.717) is 25.3 Å². The van der Waals surface area contributed by atoms with Gasteiger partial charge in [0.25, 0.3) is 6.43 Å². The van der Waals surface area contributed by atoms with Crippen molar-refractivity contribution < 1.29 is 23.0 Å². The molecule has 21 heavy (non-hydrogen) atoms. The van der Waals surface area contributed by atoms with Crippen LogP contribution in [0, 0.1) is 0 Å². The van der Waals surface area contributed by atoms with Crippen molar-refractivity contribution >= 4 is 5.91 Å². The van der Waals surface area contributed by atoms with Gasteiger partial charge >= 0.3 is 0 Å². The van der Waals surface area contributed by atoms with Gasteiger partial charge in [-0.05, 0) is 32.1 Å². The van der Waals surface area contributed by atoms with Crippen LogP contribution in [0.25, 0.3) is 0 Å². The SMILES string of the molecule is NC1CCC(OCCCNC(=O)CCOCC(F)F)CC1. The van der Waals surface area contributed by atoms with E-state index in [0.717, 1.165) is 32.1 Å². The average molecular weight is 308 g/mol. The van der Waals surface area contributed by atoms with E-state index >= 15 is 0 Å². The monoisotopic (exact) mass is 308 g/mol. The van der Waals surface area contributed by atoms with E-state index in [9.17, 15) is 13.6 Å². The number of ether oxygens (including phenoxy) is 2. The van der Waals surface area contributed by atoms with Gasteiger partial charge in [-0.15, -0.1) is 0 Å². The van der Waals surface area contributed by atoms with Gasteiger partial charge < -0.3 is 20.5 Å². The zero-order valence-corrected chi connectivity index (χ0v) is 12.4. The number of hydrogen-bond donors (Lipinski definition) is 2. The lowest BCUT2D eigenvalue weighted by molar-refractivity contribution is -0.122. The smallest absolute Gasteiger partial charge is 0.261 e. The molecule has 1 fully saturated rings. The Morgan fingerprint density at radius 2 is 1.95 bits per heavy atom. The highest BCUT2D eigenvalue weighted by Gasteiger charge is 2.18. The summed E-state index contributed by atoms with van der Waals surface area (Å²) in [5.74, 6) is -0.187. The molecule has 0 bridgehead atoms. The van der Waals surface area contributed by atoms with Crippen LogP contribution >= 0.6 is 0 Å². The summed E-state index contributed by atoms with van der Waals surface area (Å²) in [4.78, 5) is 11.4. The molecule has 0 spiro atoms. The lowest BCUT2D eigenvalue weighted by atomic mass is 9.94. The Hall–Kier alpha value is -0.790. The summed E-state index contributed by atoms with van der Waals surface area (Å²) < 4.78 is 33.9. The lowest BCUT2D eigenvalue weighted by Gasteiger charge is -2.26. The van der Waals surface area contributed by atoms with Crippen molar-refractivity contribution in [2.75, 3.05) is 26.4 Å². The Bertz CT molecular complexity index is 285. The Balaban J connectivity index is 1.88. The zero-order chi connectivity index (χ0) is 15.5. The van der Waals surface area contributed by atoms with Crippen molar-refractivity contribution in [1.29, 1.82) is 0 Å². The van der Waals surface area contributed by atoms with Gasteiger partial charge in [-0.2, -0.15) is 0 Å². The van der Waals surface area contributed by atoms with Gasteiger partial charge in [-0.3, -0.25) is 4.79 Å². The first-order valence-corrected chi connectivity index (χ1v) is 7.57. The largest absolute Gasteiger partial charge is 0.378 e. The van der Waals surface area contributed by atoms with E-state index in [4.69, 9.17) is 10.5 Å². The fourth-order valence-electron chi connectivity index (χ4n) is 2.23. The van der Waals surface area contributed by atoms with Crippen LogP contribution in [0.1, 0.15) is 38.5 Å². The molecule has 0 atom stereocenters. The molecule has 0 saturated heterocycles. The molecule has 0 aromatic rings. The molecule has 7 heteroatoms. The summed E-state index contributed by atoms with van der Waals surface area (Å²) in [5, 5.41) is 2.71. The summed E-state index contributed by atoms with van der Waals surface area (Å²) >= 11 is 0. The van der Waals surface area contributed by atoms with Crippen molar-refractivity contribution in [1.82, 2.24) is 5.32 Å². The van der Waals surface area contributed by atoms with Crippen LogP contribution in [-0.4, -0.2) is 50.8 Å². The highest BCUT2D eigenvalue weighted by molar-refractivity contribution is 5.75. The first-order chi connectivity index (χ1) is 10.1. The van der Waals surface area contributed by atoms with E-state index in [-0.39, 0.29) is 18.9 Å². The molecule has 1 saturated carbocycles. The number of amides is 1. The number of nitrogens with two attached hydrogens (primary N) is 1. The van der Waals surface area contributed by atoms with Crippen LogP contribution in [0.15, 0.2) is 0 Å². The molecule has 1 amide bonds. The maximum atomic E-state index is 11.8. The molecule has 1 rings (SSSR count). The number of nitrogens with one attached hydrogen (secondary N) is 1. The quantitative estimate of drug-likeness (QED) is 0.599. The van der Waals surface area contributed by atoms with E-state index in [1.54, 1.807) is 0 Å². The summed E-state index contributed by atoms with van der Waals surface area (Å²) in [5.41, 5.74) is 5.82. The summed E-state index contributed by atoms with van der Waals surface area (Å²) in [6.07, 6.45) is 2.70. The fraction of sp³-hybridized carbons (Fsp3) is 0.929. The normalized spacial score (nSPS) is 22.5. The third-order valence-corrected chi connectivity index (χ3v) is 3.43. The Morgan fingerprint density at radius 3 is 2.62 bits per heavy atom. The minimum atomic E-state index is -2.49. The highest BCUT2D eigenvalue weighted by Crippen LogP contribution is 2.19. The van der Waals surface area contributed by atoms with Gasteiger partial charge in [-0.25, -0.2) is 8.78 Å². The minimum absolute atomic E-state index is 0.0228. The van der Waals surface area contributed by atoms with Gasteiger partial charge in [-0.1, -0.05) is 0 Å². The van der Waals surface area contributed by atoms with E-state index in [2.05, 4.69) is 10.1 Å². The first-order valence-electron chi connectivity index (χ1n) is 7.57. The predicted molar refractivity (Wildman–Crippen MR) is 75.3 cm³/mol. The van der Waals surface area contributed by atoms with Crippen molar-refractivity contribution in [3.8, 4) is 0 Å². The topological polar surface area (TPSA) is 73.6 Å². The molecule has 5 nitrogen and oxygen atoms in total. The standard InChI is InChI=1S/C14H26F2N2O3/c15-13(16)10-20-9-6-14(19)18-7-1-8-21-12-4-2-11(17)3-5-12/h11-13H,1-10,17H2,(H,18,19). The molecular formula is C14H26F2N2O3. The molecule has 1 aliphatic rings. The molecule has 124 valence electrons. The van der Waals surface area contributed by atoms with Crippen molar-refractivity contribution in [2.24, 2.45) is 5.73 Å². The van der Waals surface area contributed by atoms with Crippen molar-refractivity contribution in [3.05, 3.63) is 0 Å². The number of carbonyl (C=O) groups is 1. The number of alkyl halides is 2. The second-order valence-corrected chi connectivity index (χ2v) is 5.33. The van der Waals surface area contributed by atoms with Crippen molar-refractivity contribution in [2.45, 2.75) is 57.1 Å². The lowest BCUT2D eigenvalue weighted by Crippen LogP contribution is -2.31. The second-order valence-electron chi connectivity index (χ2n) is 5.33. The Labute approximate surface area is 124 Å². The van der Waals surface area contributed by atoms with E-state index < -0.39 is 13.0 Å². The number of rotatable bonds is 10. The highest BCUT2D eigenvalue weighted by atomic mass is 19.3. The van der Waals surface area contributed by atoms with Crippen LogP contribution in [0.3, 0.4) is 0 Å². The molecule has 0 radical (unpaired) electrons. The summed E-state index contributed by atoms with van der Waals surface area (Å²) in [6, 6.07) is 0.316. The number of halogens is 2. The van der Waals surface area contributed by atoms with Crippen LogP contribution in [-0.2, 0) is 14.3 Å². The van der Waals surface area contributed by atoms with Crippen LogP contribution in [0.5, 0.6) is 0 Å².